The molecule has 0 radical (unpaired) electrons. The molecule has 26 heavy (non-hydrogen) atoms. The lowest BCUT2D eigenvalue weighted by Gasteiger charge is -2.19. The van der Waals surface area contributed by atoms with Crippen molar-refractivity contribution in [2.75, 3.05) is 40.9 Å². The highest BCUT2D eigenvalue weighted by Gasteiger charge is 2.23. The van der Waals surface area contributed by atoms with E-state index >= 15 is 0 Å². The summed E-state index contributed by atoms with van der Waals surface area (Å²) in [5.74, 6) is 2.58. The maximum absolute atomic E-state index is 5.36. The number of ether oxygens (including phenoxy) is 2. The molecular formula is C19H33IN4O2. The first-order valence-corrected chi connectivity index (χ1v) is 9.10. The van der Waals surface area contributed by atoms with Gasteiger partial charge in [0.05, 0.1) is 14.2 Å². The molecule has 0 saturated carbocycles. The zero-order valence-corrected chi connectivity index (χ0v) is 18.7. The Bertz CT molecular complexity index is 546. The molecule has 0 aliphatic carbocycles. The molecule has 0 spiro atoms. The number of benzene rings is 1. The lowest BCUT2D eigenvalue weighted by molar-refractivity contribution is 0.321. The first-order valence-electron chi connectivity index (χ1n) is 9.10. The van der Waals surface area contributed by atoms with Gasteiger partial charge in [-0.2, -0.15) is 0 Å². The second kappa shape index (κ2) is 12.2. The Morgan fingerprint density at radius 3 is 2.50 bits per heavy atom. The Kier molecular flexibility index (Phi) is 10.7. The van der Waals surface area contributed by atoms with Crippen molar-refractivity contribution >= 4 is 29.9 Å². The number of likely N-dealkylation sites (tertiary alicyclic amines) is 1. The van der Waals surface area contributed by atoms with Gasteiger partial charge in [-0.1, -0.05) is 13.3 Å². The number of rotatable bonds is 8. The summed E-state index contributed by atoms with van der Waals surface area (Å²) in [6.45, 7) is 6.14. The highest BCUT2D eigenvalue weighted by molar-refractivity contribution is 14.0. The summed E-state index contributed by atoms with van der Waals surface area (Å²) in [5, 5.41) is 6.91. The van der Waals surface area contributed by atoms with E-state index in [1.807, 2.05) is 13.1 Å². The summed E-state index contributed by atoms with van der Waals surface area (Å²) in [6.07, 6.45) is 3.47. The smallest absolute Gasteiger partial charge is 0.191 e. The van der Waals surface area contributed by atoms with Gasteiger partial charge in [0, 0.05) is 45.3 Å². The van der Waals surface area contributed by atoms with Gasteiger partial charge < -0.3 is 20.1 Å². The molecule has 0 amide bonds. The molecule has 7 heteroatoms. The van der Waals surface area contributed by atoms with E-state index < -0.39 is 0 Å². The van der Waals surface area contributed by atoms with E-state index in [-0.39, 0.29) is 24.0 Å². The van der Waals surface area contributed by atoms with Crippen LogP contribution in [0.3, 0.4) is 0 Å². The number of nitrogens with one attached hydrogen (secondary N) is 2. The summed E-state index contributed by atoms with van der Waals surface area (Å²) in [7, 11) is 5.20. The van der Waals surface area contributed by atoms with Gasteiger partial charge >= 0.3 is 0 Å². The molecule has 1 aromatic carbocycles. The van der Waals surface area contributed by atoms with Crippen molar-refractivity contribution in [3.63, 3.8) is 0 Å². The predicted octanol–water partition coefficient (Wildman–Crippen LogP) is 2.86. The number of unbranched alkanes of at least 4 members (excludes halogenated alkanes) is 1. The van der Waals surface area contributed by atoms with Gasteiger partial charge in [-0.3, -0.25) is 9.89 Å². The SMILES string of the molecule is CCCCNC(=NC)NC1CCN(Cc2cc(OC)cc(OC)c2)C1.I. The molecular weight excluding hydrogens is 443 g/mol. The van der Waals surface area contributed by atoms with Crippen LogP contribution >= 0.6 is 24.0 Å². The molecule has 1 heterocycles. The van der Waals surface area contributed by atoms with Crippen LogP contribution < -0.4 is 20.1 Å². The van der Waals surface area contributed by atoms with Crippen molar-refractivity contribution in [3.05, 3.63) is 23.8 Å². The molecule has 6 nitrogen and oxygen atoms in total. The quantitative estimate of drug-likeness (QED) is 0.262. The number of guanidine groups is 1. The molecule has 1 aliphatic heterocycles. The molecule has 1 saturated heterocycles. The zero-order chi connectivity index (χ0) is 18.1. The van der Waals surface area contributed by atoms with Crippen molar-refractivity contribution in [1.82, 2.24) is 15.5 Å². The van der Waals surface area contributed by atoms with Gasteiger partial charge in [-0.25, -0.2) is 0 Å². The largest absolute Gasteiger partial charge is 0.497 e. The molecule has 0 aromatic heterocycles. The lowest BCUT2D eigenvalue weighted by Crippen LogP contribution is -2.44. The topological polar surface area (TPSA) is 58.1 Å². The molecule has 2 rings (SSSR count). The summed E-state index contributed by atoms with van der Waals surface area (Å²) in [4.78, 5) is 6.77. The van der Waals surface area contributed by atoms with Gasteiger partial charge in [0.1, 0.15) is 11.5 Å². The van der Waals surface area contributed by atoms with E-state index in [2.05, 4.69) is 39.6 Å². The number of halogens is 1. The Balaban J connectivity index is 0.00000338. The average Bonchev–Trinajstić information content (AvgIpc) is 3.07. The Labute approximate surface area is 174 Å². The summed E-state index contributed by atoms with van der Waals surface area (Å²) >= 11 is 0. The van der Waals surface area contributed by atoms with Crippen LogP contribution in [-0.4, -0.2) is 57.8 Å². The van der Waals surface area contributed by atoms with Crippen LogP contribution in [-0.2, 0) is 6.54 Å². The zero-order valence-electron chi connectivity index (χ0n) is 16.4. The third kappa shape index (κ3) is 7.19. The van der Waals surface area contributed by atoms with E-state index in [1.165, 1.54) is 12.0 Å². The molecule has 1 unspecified atom stereocenters. The number of hydrogen-bond donors (Lipinski definition) is 2. The predicted molar refractivity (Wildman–Crippen MR) is 118 cm³/mol. The van der Waals surface area contributed by atoms with Crippen LogP contribution in [0.1, 0.15) is 31.7 Å². The van der Waals surface area contributed by atoms with E-state index in [0.717, 1.165) is 56.5 Å². The molecule has 0 bridgehead atoms. The lowest BCUT2D eigenvalue weighted by atomic mass is 10.2. The third-order valence-electron chi connectivity index (χ3n) is 4.48. The van der Waals surface area contributed by atoms with E-state index in [0.29, 0.717) is 6.04 Å². The van der Waals surface area contributed by atoms with Crippen LogP contribution in [0.4, 0.5) is 0 Å². The highest BCUT2D eigenvalue weighted by Crippen LogP contribution is 2.24. The fourth-order valence-electron chi connectivity index (χ4n) is 3.08. The average molecular weight is 476 g/mol. The fraction of sp³-hybridized carbons (Fsp3) is 0.632. The van der Waals surface area contributed by atoms with Gasteiger partial charge in [-0.15, -0.1) is 24.0 Å². The van der Waals surface area contributed by atoms with E-state index in [1.54, 1.807) is 14.2 Å². The minimum absolute atomic E-state index is 0. The summed E-state index contributed by atoms with van der Waals surface area (Å²) in [6, 6.07) is 6.49. The fourth-order valence-corrected chi connectivity index (χ4v) is 3.08. The number of hydrogen-bond acceptors (Lipinski definition) is 4. The summed E-state index contributed by atoms with van der Waals surface area (Å²) < 4.78 is 10.7. The van der Waals surface area contributed by atoms with Gasteiger partial charge in [-0.05, 0) is 30.5 Å². The molecule has 1 atom stereocenters. The second-order valence-electron chi connectivity index (χ2n) is 6.44. The number of methoxy groups -OCH3 is 2. The molecule has 2 N–H and O–H groups in total. The number of aliphatic imine (C=N–C) groups is 1. The highest BCUT2D eigenvalue weighted by atomic mass is 127. The van der Waals surface area contributed by atoms with Crippen molar-refractivity contribution < 1.29 is 9.47 Å². The maximum atomic E-state index is 5.36. The van der Waals surface area contributed by atoms with E-state index in [9.17, 15) is 0 Å². The van der Waals surface area contributed by atoms with Crippen LogP contribution in [0, 0.1) is 0 Å². The normalized spacial score (nSPS) is 17.5. The molecule has 1 aromatic rings. The van der Waals surface area contributed by atoms with E-state index in [4.69, 9.17) is 9.47 Å². The Morgan fingerprint density at radius 2 is 1.92 bits per heavy atom. The van der Waals surface area contributed by atoms with Crippen LogP contribution in [0.5, 0.6) is 11.5 Å². The third-order valence-corrected chi connectivity index (χ3v) is 4.48. The first kappa shape index (κ1) is 22.8. The standard InChI is InChI=1S/C19H32N4O2.HI/c1-5-6-8-21-19(20-2)22-16-7-9-23(14-16)13-15-10-17(24-3)12-18(11-15)25-4;/h10-12,16H,5-9,13-14H2,1-4H3,(H2,20,21,22);1H. The van der Waals surface area contributed by atoms with Crippen LogP contribution in [0.15, 0.2) is 23.2 Å². The van der Waals surface area contributed by atoms with Gasteiger partial charge in [0.15, 0.2) is 5.96 Å². The van der Waals surface area contributed by atoms with Crippen molar-refractivity contribution in [3.8, 4) is 11.5 Å². The maximum Gasteiger partial charge on any atom is 0.191 e. The monoisotopic (exact) mass is 476 g/mol. The van der Waals surface area contributed by atoms with Crippen molar-refractivity contribution in [1.29, 1.82) is 0 Å². The van der Waals surface area contributed by atoms with Crippen LogP contribution in [0.2, 0.25) is 0 Å². The Morgan fingerprint density at radius 1 is 1.23 bits per heavy atom. The number of nitrogens with zero attached hydrogens (tertiary/aromatic N) is 2. The summed E-state index contributed by atoms with van der Waals surface area (Å²) in [5.41, 5.74) is 1.21. The van der Waals surface area contributed by atoms with Gasteiger partial charge in [0.25, 0.3) is 0 Å². The minimum atomic E-state index is 0. The van der Waals surface area contributed by atoms with Crippen LogP contribution in [0.25, 0.3) is 0 Å². The molecule has 1 aliphatic rings. The van der Waals surface area contributed by atoms with Gasteiger partial charge in [0.2, 0.25) is 0 Å². The molecule has 1 fully saturated rings. The first-order chi connectivity index (χ1) is 12.2. The van der Waals surface area contributed by atoms with Crippen molar-refractivity contribution in [2.45, 2.75) is 38.8 Å². The minimum Gasteiger partial charge on any atom is -0.497 e. The Hall–Kier alpha value is -1.22. The second-order valence-corrected chi connectivity index (χ2v) is 6.44. The van der Waals surface area contributed by atoms with Crippen molar-refractivity contribution in [2.24, 2.45) is 4.99 Å². The molecule has 148 valence electrons.